The Balaban J connectivity index is 1.24. The first-order valence-corrected chi connectivity index (χ1v) is 17.5. The van der Waals surface area contributed by atoms with Gasteiger partial charge in [-0.05, 0) is 69.1 Å². The number of nitriles is 1. The van der Waals surface area contributed by atoms with E-state index in [1.807, 2.05) is 32.3 Å². The van der Waals surface area contributed by atoms with Gasteiger partial charge in [0, 0.05) is 64.4 Å². The van der Waals surface area contributed by atoms with Crippen LogP contribution in [-0.2, 0) is 20.8 Å². The van der Waals surface area contributed by atoms with Crippen LogP contribution in [0.5, 0.6) is 5.75 Å². The van der Waals surface area contributed by atoms with E-state index in [1.54, 1.807) is 36.6 Å². The first kappa shape index (κ1) is 36.7. The topological polar surface area (TPSA) is 157 Å². The molecule has 2 aliphatic rings. The zero-order valence-corrected chi connectivity index (χ0v) is 29.5. The molecule has 1 aromatic carbocycles. The van der Waals surface area contributed by atoms with Gasteiger partial charge in [0.25, 0.3) is 0 Å². The van der Waals surface area contributed by atoms with Gasteiger partial charge in [-0.15, -0.1) is 0 Å². The van der Waals surface area contributed by atoms with Crippen LogP contribution in [-0.4, -0.2) is 108 Å². The molecule has 1 saturated heterocycles. The van der Waals surface area contributed by atoms with Crippen molar-refractivity contribution in [3.63, 3.8) is 0 Å². The summed E-state index contributed by atoms with van der Waals surface area (Å²) in [6.07, 6.45) is 14.7. The maximum atomic E-state index is 9.69. The van der Waals surface area contributed by atoms with Gasteiger partial charge in [-0.25, -0.2) is 19.6 Å². The Kier molecular flexibility index (Phi) is 14.4. The van der Waals surface area contributed by atoms with Gasteiger partial charge in [-0.2, -0.15) is 10.4 Å². The van der Waals surface area contributed by atoms with Crippen molar-refractivity contribution in [2.45, 2.75) is 64.1 Å². The zero-order chi connectivity index (χ0) is 35.0. The van der Waals surface area contributed by atoms with Gasteiger partial charge in [-0.3, -0.25) is 9.89 Å². The van der Waals surface area contributed by atoms with E-state index in [0.717, 1.165) is 56.8 Å². The molecule has 1 aliphatic heterocycles. The van der Waals surface area contributed by atoms with Crippen molar-refractivity contribution in [3.8, 4) is 22.9 Å². The fourth-order valence-electron chi connectivity index (χ4n) is 6.28. The van der Waals surface area contributed by atoms with Gasteiger partial charge in [0.15, 0.2) is 0 Å². The number of anilines is 1. The Labute approximate surface area is 294 Å². The Bertz CT molecular complexity index is 1540. The predicted molar refractivity (Wildman–Crippen MR) is 191 cm³/mol. The van der Waals surface area contributed by atoms with E-state index >= 15 is 0 Å². The van der Waals surface area contributed by atoms with E-state index in [-0.39, 0.29) is 6.10 Å². The summed E-state index contributed by atoms with van der Waals surface area (Å²) in [5, 5.41) is 20.3. The number of rotatable bonds is 18. The van der Waals surface area contributed by atoms with E-state index in [9.17, 15) is 5.26 Å². The summed E-state index contributed by atoms with van der Waals surface area (Å²) in [5.41, 5.74) is 2.71. The number of hydrogen-bond acceptors (Lipinski definition) is 13. The van der Waals surface area contributed by atoms with Crippen molar-refractivity contribution in [1.82, 2.24) is 34.9 Å². The fraction of sp³-hybridized carbons (Fsp3) is 0.556. The Morgan fingerprint density at radius 3 is 2.60 bits per heavy atom. The van der Waals surface area contributed by atoms with Gasteiger partial charge in [0.1, 0.15) is 36.3 Å². The number of hydrogen-bond donors (Lipinski definition) is 2. The summed E-state index contributed by atoms with van der Waals surface area (Å²) in [5.74, 6) is 2.02. The first-order valence-electron chi connectivity index (χ1n) is 17.5. The van der Waals surface area contributed by atoms with Gasteiger partial charge < -0.3 is 29.6 Å². The normalized spacial score (nSPS) is 19.4. The largest absolute Gasteiger partial charge is 0.487 e. The zero-order valence-electron chi connectivity index (χ0n) is 29.5. The van der Waals surface area contributed by atoms with Crippen LogP contribution in [0, 0.1) is 17.2 Å². The van der Waals surface area contributed by atoms with E-state index in [2.05, 4.69) is 41.7 Å². The van der Waals surface area contributed by atoms with Crippen LogP contribution in [0.3, 0.4) is 0 Å². The molecule has 2 fully saturated rings. The Hall–Kier alpha value is -4.58. The van der Waals surface area contributed by atoms with E-state index in [4.69, 9.17) is 23.9 Å². The SMILES string of the molecule is CN/C(OCCCCOC)=C(\C=NCC1CCC(N2CCOCC2)CC1)Nc1ncc(-c2ccc(C#N)c(O[C@@H](C)Cn3cncn3)c2)cn1. The van der Waals surface area contributed by atoms with Crippen molar-refractivity contribution in [3.05, 3.63) is 60.4 Å². The number of nitrogens with one attached hydrogen (secondary N) is 2. The minimum absolute atomic E-state index is 0.234. The third-order valence-electron chi connectivity index (χ3n) is 9.00. The molecule has 2 N–H and O–H groups in total. The molecule has 1 saturated carbocycles. The molecular weight excluding hydrogens is 636 g/mol. The third-order valence-corrected chi connectivity index (χ3v) is 9.00. The van der Waals surface area contributed by atoms with Gasteiger partial charge >= 0.3 is 0 Å². The molecule has 0 amide bonds. The van der Waals surface area contributed by atoms with E-state index in [0.29, 0.717) is 60.6 Å². The van der Waals surface area contributed by atoms with Crippen molar-refractivity contribution in [2.75, 3.05) is 65.5 Å². The summed E-state index contributed by atoms with van der Waals surface area (Å²) in [6, 6.07) is 8.32. The number of benzene rings is 1. The van der Waals surface area contributed by atoms with Crippen molar-refractivity contribution < 1.29 is 18.9 Å². The second kappa shape index (κ2) is 19.6. The highest BCUT2D eigenvalue weighted by Crippen LogP contribution is 2.29. The molecule has 14 heteroatoms. The van der Waals surface area contributed by atoms with Gasteiger partial charge in [-0.1, -0.05) is 6.07 Å². The number of nitrogens with zero attached hydrogens (tertiary/aromatic N) is 8. The highest BCUT2D eigenvalue weighted by Gasteiger charge is 2.26. The number of ether oxygens (including phenoxy) is 4. The summed E-state index contributed by atoms with van der Waals surface area (Å²) < 4.78 is 24.7. The Morgan fingerprint density at radius 2 is 1.90 bits per heavy atom. The lowest BCUT2D eigenvalue weighted by atomic mass is 9.85. The smallest absolute Gasteiger partial charge is 0.227 e. The number of allylic oxidation sites excluding steroid dienone is 1. The van der Waals surface area contributed by atoms with Crippen LogP contribution < -0.4 is 15.4 Å². The molecule has 3 aromatic rings. The molecule has 5 rings (SSSR count). The highest BCUT2D eigenvalue weighted by molar-refractivity contribution is 5.83. The number of methoxy groups -OCH3 is 1. The molecular formula is C36H50N10O4. The molecule has 1 aliphatic carbocycles. The standard InChI is InChI=1S/C36H50N10O4/c1-27(24-46-26-40-25-43-46)50-34-18-29(8-9-30(34)19-37)31-21-41-36(42-22-31)44-33(35(38-2)49-15-5-4-14-47-3)23-39-20-28-6-10-32(11-7-28)45-12-16-48-17-13-45/h8-9,18,21-23,25-28,32,38H,4-7,10-17,20,24H2,1-3H3,(H,41,42,44)/b35-33-,39-23?/t27-,28?,32?/m0/s1. The fourth-order valence-corrected chi connectivity index (χ4v) is 6.28. The van der Waals surface area contributed by atoms with E-state index < -0.39 is 0 Å². The molecule has 0 bridgehead atoms. The summed E-state index contributed by atoms with van der Waals surface area (Å²) in [4.78, 5) is 20.7. The van der Waals surface area contributed by atoms with Crippen LogP contribution in [0.15, 0.2) is 59.8 Å². The lowest BCUT2D eigenvalue weighted by molar-refractivity contribution is 0.00528. The molecule has 50 heavy (non-hydrogen) atoms. The van der Waals surface area contributed by atoms with Crippen molar-refractivity contribution >= 4 is 12.2 Å². The van der Waals surface area contributed by atoms with Crippen LogP contribution in [0.2, 0.25) is 0 Å². The van der Waals surface area contributed by atoms with Gasteiger partial charge in [0.05, 0.1) is 38.1 Å². The predicted octanol–water partition coefficient (Wildman–Crippen LogP) is 4.28. The highest BCUT2D eigenvalue weighted by atomic mass is 16.5. The van der Waals surface area contributed by atoms with Crippen molar-refractivity contribution in [2.24, 2.45) is 10.9 Å². The van der Waals surface area contributed by atoms with Crippen LogP contribution >= 0.6 is 0 Å². The second-order valence-electron chi connectivity index (χ2n) is 12.6. The molecule has 0 radical (unpaired) electrons. The minimum Gasteiger partial charge on any atom is -0.487 e. The van der Waals surface area contributed by atoms with Crippen LogP contribution in [0.1, 0.15) is 51.0 Å². The molecule has 3 heterocycles. The van der Waals surface area contributed by atoms with Crippen LogP contribution in [0.25, 0.3) is 11.1 Å². The summed E-state index contributed by atoms with van der Waals surface area (Å²) in [6.45, 7) is 8.18. The molecule has 2 aromatic heterocycles. The minimum atomic E-state index is -0.234. The molecule has 0 spiro atoms. The van der Waals surface area contributed by atoms with E-state index in [1.165, 1.54) is 32.0 Å². The third kappa shape index (κ3) is 11.0. The second-order valence-corrected chi connectivity index (χ2v) is 12.6. The average molecular weight is 687 g/mol. The summed E-state index contributed by atoms with van der Waals surface area (Å²) >= 11 is 0. The number of aliphatic imine (C=N–C) groups is 1. The monoisotopic (exact) mass is 686 g/mol. The average Bonchev–Trinajstić information content (AvgIpc) is 3.66. The number of morpholine rings is 1. The Morgan fingerprint density at radius 1 is 1.12 bits per heavy atom. The van der Waals surface area contributed by atoms with Crippen molar-refractivity contribution in [1.29, 1.82) is 5.26 Å². The molecule has 268 valence electrons. The first-order chi connectivity index (χ1) is 24.6. The maximum absolute atomic E-state index is 9.69. The number of unbranched alkanes of at least 4 members (excludes halogenated alkanes) is 1. The lowest BCUT2D eigenvalue weighted by Crippen LogP contribution is -2.45. The molecule has 1 atom stereocenters. The maximum Gasteiger partial charge on any atom is 0.227 e. The van der Waals surface area contributed by atoms with Gasteiger partial charge in [0.2, 0.25) is 11.8 Å². The number of aromatic nitrogens is 5. The molecule has 0 unspecified atom stereocenters. The molecule has 14 nitrogen and oxygen atoms in total. The lowest BCUT2D eigenvalue weighted by Gasteiger charge is -2.38. The quantitative estimate of drug-likeness (QED) is 0.111. The summed E-state index contributed by atoms with van der Waals surface area (Å²) in [7, 11) is 3.53. The van der Waals surface area contributed by atoms with Crippen LogP contribution in [0.4, 0.5) is 5.95 Å².